The van der Waals surface area contributed by atoms with Crippen LogP contribution in [0.3, 0.4) is 0 Å². The van der Waals surface area contributed by atoms with Crippen LogP contribution < -0.4 is 10.2 Å². The molecule has 0 fully saturated rings. The third-order valence-electron chi connectivity index (χ3n) is 4.70. The Balaban J connectivity index is 2.11. The van der Waals surface area contributed by atoms with Crippen LogP contribution in [-0.2, 0) is 13.5 Å². The number of hydrogen-bond acceptors (Lipinski definition) is 3. The number of aromatic hydroxyl groups is 1. The average molecular weight is 342 g/mol. The van der Waals surface area contributed by atoms with Crippen LogP contribution in [0.5, 0.6) is 11.5 Å². The van der Waals surface area contributed by atoms with E-state index in [-0.39, 0.29) is 17.3 Å². The van der Waals surface area contributed by atoms with Gasteiger partial charge in [0, 0.05) is 36.4 Å². The quantitative estimate of drug-likeness (QED) is 0.441. The third kappa shape index (κ3) is 1.96. The van der Waals surface area contributed by atoms with E-state index < -0.39 is 0 Å². The van der Waals surface area contributed by atoms with Crippen molar-refractivity contribution in [1.82, 2.24) is 4.57 Å². The molecule has 1 aromatic heterocycles. The number of aryl methyl sites for hydroxylation is 1. The molecule has 2 aromatic carbocycles. The Labute approximate surface area is 143 Å². The number of pyridine rings is 1. The van der Waals surface area contributed by atoms with Crippen molar-refractivity contribution in [2.24, 2.45) is 7.05 Å². The lowest BCUT2D eigenvalue weighted by Crippen LogP contribution is -2.16. The number of alkyl halides is 1. The molecule has 1 unspecified atom stereocenters. The Morgan fingerprint density at radius 3 is 2.96 bits per heavy atom. The lowest BCUT2D eigenvalue weighted by molar-refractivity contribution is 0.270. The number of rotatable bonds is 2. The topological polar surface area (TPSA) is 51.5 Å². The molecule has 3 aromatic rings. The molecule has 1 aliphatic heterocycles. The van der Waals surface area contributed by atoms with E-state index in [0.717, 1.165) is 16.7 Å². The van der Waals surface area contributed by atoms with Crippen LogP contribution >= 0.6 is 11.6 Å². The van der Waals surface area contributed by atoms with Gasteiger partial charge in [0.05, 0.1) is 16.4 Å². The number of hydrogen-bond donors (Lipinski definition) is 1. The van der Waals surface area contributed by atoms with Gasteiger partial charge < -0.3 is 14.4 Å². The molecule has 0 amide bonds. The van der Waals surface area contributed by atoms with Crippen molar-refractivity contribution >= 4 is 33.4 Å². The fraction of sp³-hybridized carbons (Fsp3) is 0.211. The minimum absolute atomic E-state index is 0.0627. The molecule has 0 saturated carbocycles. The molecule has 0 aliphatic carbocycles. The zero-order chi connectivity index (χ0) is 17.0. The van der Waals surface area contributed by atoms with Crippen molar-refractivity contribution in [3.05, 3.63) is 58.3 Å². The minimum atomic E-state index is -0.232. The molecule has 1 atom stereocenters. The lowest BCUT2D eigenvalue weighted by atomic mass is 10.00. The standard InChI is InChI=1S/C19H16ClNO3/c1-10(9-20)15-7-12-16(24-15)8-14(22)17-18(12)21(2)13-6-4-3-5-11(13)19(17)23/h3-6,8,15,22H,1,7,9H2,2H3. The molecule has 1 aliphatic rings. The molecule has 4 nitrogen and oxygen atoms in total. The van der Waals surface area contributed by atoms with Gasteiger partial charge in [0.2, 0.25) is 5.43 Å². The summed E-state index contributed by atoms with van der Waals surface area (Å²) < 4.78 is 7.84. The molecule has 0 saturated heterocycles. The van der Waals surface area contributed by atoms with Gasteiger partial charge >= 0.3 is 0 Å². The molecule has 0 spiro atoms. The van der Waals surface area contributed by atoms with Crippen LogP contribution in [0.2, 0.25) is 0 Å². The lowest BCUT2D eigenvalue weighted by Gasteiger charge is -2.14. The van der Waals surface area contributed by atoms with Crippen LogP contribution in [0.25, 0.3) is 21.8 Å². The Bertz CT molecular complexity index is 1070. The van der Waals surface area contributed by atoms with Crippen LogP contribution in [0.1, 0.15) is 5.56 Å². The second-order valence-corrected chi connectivity index (χ2v) is 6.37. The highest BCUT2D eigenvalue weighted by atomic mass is 35.5. The first-order valence-electron chi connectivity index (χ1n) is 7.69. The van der Waals surface area contributed by atoms with E-state index in [1.54, 1.807) is 6.07 Å². The summed E-state index contributed by atoms with van der Waals surface area (Å²) in [5, 5.41) is 11.4. The molecule has 1 N–H and O–H groups in total. The number of nitrogens with zero attached hydrogens (tertiary/aromatic N) is 1. The Morgan fingerprint density at radius 2 is 2.21 bits per heavy atom. The predicted molar refractivity (Wildman–Crippen MR) is 96.3 cm³/mol. The molecular formula is C19H16ClNO3. The largest absolute Gasteiger partial charge is 0.507 e. The second-order valence-electron chi connectivity index (χ2n) is 6.10. The zero-order valence-electron chi connectivity index (χ0n) is 13.2. The van der Waals surface area contributed by atoms with Crippen molar-refractivity contribution in [2.75, 3.05) is 5.88 Å². The molecule has 0 bridgehead atoms. The molecule has 2 heterocycles. The summed E-state index contributed by atoms with van der Waals surface area (Å²) in [7, 11) is 1.90. The van der Waals surface area contributed by atoms with Gasteiger partial charge in [-0.25, -0.2) is 0 Å². The normalized spacial score (nSPS) is 16.3. The summed E-state index contributed by atoms with van der Waals surface area (Å²) in [6.45, 7) is 3.94. The molecule has 24 heavy (non-hydrogen) atoms. The van der Waals surface area contributed by atoms with Crippen LogP contribution in [-0.4, -0.2) is 21.7 Å². The number of para-hydroxylation sites is 1. The highest BCUT2D eigenvalue weighted by molar-refractivity contribution is 6.19. The summed E-state index contributed by atoms with van der Waals surface area (Å²) >= 11 is 5.87. The molecule has 0 radical (unpaired) electrons. The monoisotopic (exact) mass is 341 g/mol. The van der Waals surface area contributed by atoms with Crippen molar-refractivity contribution < 1.29 is 9.84 Å². The van der Waals surface area contributed by atoms with E-state index in [1.807, 2.05) is 29.8 Å². The van der Waals surface area contributed by atoms with Crippen LogP contribution in [0.4, 0.5) is 0 Å². The number of halogens is 1. The van der Waals surface area contributed by atoms with E-state index in [4.69, 9.17) is 16.3 Å². The number of phenols is 1. The van der Waals surface area contributed by atoms with Gasteiger partial charge in [0.15, 0.2) is 0 Å². The Hall–Kier alpha value is -2.46. The van der Waals surface area contributed by atoms with Crippen LogP contribution in [0, 0.1) is 0 Å². The van der Waals surface area contributed by atoms with Gasteiger partial charge in [-0.15, -0.1) is 11.6 Å². The predicted octanol–water partition coefficient (Wildman–Crippen LogP) is 3.50. The highest BCUT2D eigenvalue weighted by Gasteiger charge is 2.30. The fourth-order valence-corrected chi connectivity index (χ4v) is 3.65. The summed E-state index contributed by atoms with van der Waals surface area (Å²) in [6.07, 6.45) is 0.354. The van der Waals surface area contributed by atoms with Gasteiger partial charge in [-0.3, -0.25) is 4.79 Å². The van der Waals surface area contributed by atoms with Crippen molar-refractivity contribution in [3.63, 3.8) is 0 Å². The minimum Gasteiger partial charge on any atom is -0.507 e. The summed E-state index contributed by atoms with van der Waals surface area (Å²) in [6, 6.07) is 8.92. The first kappa shape index (κ1) is 15.1. The van der Waals surface area contributed by atoms with Crippen LogP contribution in [0.15, 0.2) is 47.3 Å². The Kier molecular flexibility index (Phi) is 3.32. The van der Waals surface area contributed by atoms with Gasteiger partial charge in [-0.2, -0.15) is 0 Å². The summed E-state index contributed by atoms with van der Waals surface area (Å²) in [5.74, 6) is 0.832. The van der Waals surface area contributed by atoms with E-state index in [2.05, 4.69) is 6.58 Å². The van der Waals surface area contributed by atoms with E-state index >= 15 is 0 Å². The third-order valence-corrected chi connectivity index (χ3v) is 5.05. The number of ether oxygens (including phenoxy) is 1. The Morgan fingerprint density at radius 1 is 1.46 bits per heavy atom. The van der Waals surface area contributed by atoms with Crippen molar-refractivity contribution in [2.45, 2.75) is 12.5 Å². The number of benzene rings is 2. The number of aromatic nitrogens is 1. The fourth-order valence-electron chi connectivity index (χ4n) is 3.48. The maximum Gasteiger partial charge on any atom is 0.200 e. The van der Waals surface area contributed by atoms with Crippen molar-refractivity contribution in [3.8, 4) is 11.5 Å². The average Bonchev–Trinajstić information content (AvgIpc) is 3.01. The molecular weight excluding hydrogens is 326 g/mol. The number of fused-ring (bicyclic) bond motifs is 4. The SMILES string of the molecule is C=C(CCl)C1Cc2c(cc(O)c3c(=O)c4ccccc4n(C)c23)O1. The smallest absolute Gasteiger partial charge is 0.200 e. The second kappa shape index (κ2) is 5.28. The highest BCUT2D eigenvalue weighted by Crippen LogP contribution is 2.41. The zero-order valence-corrected chi connectivity index (χ0v) is 13.9. The number of phenolic OH excluding ortho intramolecular Hbond substituents is 1. The van der Waals surface area contributed by atoms with Gasteiger partial charge in [-0.1, -0.05) is 18.7 Å². The maximum atomic E-state index is 12.9. The van der Waals surface area contributed by atoms with E-state index in [9.17, 15) is 9.90 Å². The summed E-state index contributed by atoms with van der Waals surface area (Å²) in [4.78, 5) is 12.9. The molecule has 4 rings (SSSR count). The van der Waals surface area contributed by atoms with Gasteiger partial charge in [0.25, 0.3) is 0 Å². The molecule has 5 heteroatoms. The first-order valence-corrected chi connectivity index (χ1v) is 8.23. The maximum absolute atomic E-state index is 12.9. The molecule has 122 valence electrons. The van der Waals surface area contributed by atoms with E-state index in [0.29, 0.717) is 34.3 Å². The van der Waals surface area contributed by atoms with Crippen molar-refractivity contribution in [1.29, 1.82) is 0 Å². The van der Waals surface area contributed by atoms with E-state index in [1.165, 1.54) is 6.07 Å². The van der Waals surface area contributed by atoms with Gasteiger partial charge in [0.1, 0.15) is 17.6 Å². The first-order chi connectivity index (χ1) is 11.5. The van der Waals surface area contributed by atoms with Gasteiger partial charge in [-0.05, 0) is 17.7 Å². The summed E-state index contributed by atoms with van der Waals surface area (Å²) in [5.41, 5.74) is 3.05.